The lowest BCUT2D eigenvalue weighted by atomic mass is 9.82. The molecule has 0 rings (SSSR count). The van der Waals surface area contributed by atoms with Crippen LogP contribution in [0.2, 0.25) is 0 Å². The maximum absolute atomic E-state index is 10.9. The molecule has 0 aliphatic heterocycles. The zero-order valence-corrected chi connectivity index (χ0v) is 8.21. The van der Waals surface area contributed by atoms with Crippen LogP contribution in [0.25, 0.3) is 0 Å². The van der Waals surface area contributed by atoms with Crippen molar-refractivity contribution in [3.05, 3.63) is 0 Å². The number of aliphatic carboxylic acids is 3. The largest absolute Gasteiger partial charge is 0.481 e. The summed E-state index contributed by atoms with van der Waals surface area (Å²) in [6, 6.07) is 0. The van der Waals surface area contributed by atoms with Crippen molar-refractivity contribution in [2.75, 3.05) is 0 Å². The zero-order chi connectivity index (χ0) is 13.1. The Bertz CT molecular complexity index is 332. The highest BCUT2D eigenvalue weighted by Crippen LogP contribution is 2.24. The second kappa shape index (κ2) is 4.71. The van der Waals surface area contributed by atoms with E-state index in [0.717, 1.165) is 6.92 Å². The molecule has 0 radical (unpaired) electrons. The standard InChI is InChI=1S/C8H10O8/c1-3(9)5(6(12)13)8(16,7(14)15)2-4(10)11/h5,16H,2H2,1H3,(H,10,11)(H,12,13)(H,14,15). The maximum atomic E-state index is 10.9. The van der Waals surface area contributed by atoms with E-state index in [2.05, 4.69) is 0 Å². The fourth-order valence-electron chi connectivity index (χ4n) is 1.25. The summed E-state index contributed by atoms with van der Waals surface area (Å²) in [5, 5.41) is 35.1. The topological polar surface area (TPSA) is 149 Å². The highest BCUT2D eigenvalue weighted by Gasteiger charge is 2.52. The van der Waals surface area contributed by atoms with Crippen LogP contribution in [0.4, 0.5) is 0 Å². The molecule has 0 aliphatic rings. The Labute approximate surface area is 89.1 Å². The highest BCUT2D eigenvalue weighted by atomic mass is 16.4. The highest BCUT2D eigenvalue weighted by molar-refractivity contribution is 6.04. The predicted molar refractivity (Wildman–Crippen MR) is 46.6 cm³/mol. The number of hydrogen-bond acceptors (Lipinski definition) is 5. The summed E-state index contributed by atoms with van der Waals surface area (Å²) in [7, 11) is 0. The van der Waals surface area contributed by atoms with Gasteiger partial charge in [-0.05, 0) is 6.92 Å². The molecule has 16 heavy (non-hydrogen) atoms. The van der Waals surface area contributed by atoms with Crippen molar-refractivity contribution in [2.24, 2.45) is 5.92 Å². The predicted octanol–water partition coefficient (Wildman–Crippen LogP) is -1.43. The Morgan fingerprint density at radius 1 is 1.12 bits per heavy atom. The van der Waals surface area contributed by atoms with Crippen molar-refractivity contribution in [2.45, 2.75) is 18.9 Å². The van der Waals surface area contributed by atoms with Crippen LogP contribution in [0.1, 0.15) is 13.3 Å². The van der Waals surface area contributed by atoms with Crippen LogP contribution in [0.15, 0.2) is 0 Å². The van der Waals surface area contributed by atoms with Crippen molar-refractivity contribution in [1.82, 2.24) is 0 Å². The first-order chi connectivity index (χ1) is 7.12. The Kier molecular flexibility index (Phi) is 4.13. The van der Waals surface area contributed by atoms with Crippen LogP contribution in [-0.4, -0.2) is 49.7 Å². The lowest BCUT2D eigenvalue weighted by molar-refractivity contribution is -0.180. The van der Waals surface area contributed by atoms with Gasteiger partial charge in [0.05, 0.1) is 6.42 Å². The average molecular weight is 234 g/mol. The number of hydrogen-bond donors (Lipinski definition) is 4. The van der Waals surface area contributed by atoms with Crippen LogP contribution < -0.4 is 0 Å². The second-order valence-electron chi connectivity index (χ2n) is 3.18. The quantitative estimate of drug-likeness (QED) is 0.408. The van der Waals surface area contributed by atoms with E-state index in [1.165, 1.54) is 0 Å². The van der Waals surface area contributed by atoms with E-state index in [0.29, 0.717) is 0 Å². The molecule has 0 heterocycles. The van der Waals surface area contributed by atoms with Crippen LogP contribution in [0.5, 0.6) is 0 Å². The SMILES string of the molecule is CC(=O)C(C(=O)O)C(O)(CC(=O)O)C(=O)O. The number of aliphatic hydroxyl groups is 1. The zero-order valence-electron chi connectivity index (χ0n) is 8.21. The third-order valence-electron chi connectivity index (χ3n) is 1.92. The molecule has 0 amide bonds. The molecule has 90 valence electrons. The number of carbonyl (C=O) groups excluding carboxylic acids is 1. The number of Topliss-reactive ketones (excluding diaryl/α,β-unsaturated/α-hetero) is 1. The van der Waals surface area contributed by atoms with Gasteiger partial charge in [0.25, 0.3) is 0 Å². The van der Waals surface area contributed by atoms with Gasteiger partial charge >= 0.3 is 17.9 Å². The van der Waals surface area contributed by atoms with E-state index in [4.69, 9.17) is 15.3 Å². The van der Waals surface area contributed by atoms with Crippen molar-refractivity contribution < 1.29 is 39.6 Å². The molecular weight excluding hydrogens is 224 g/mol. The molecule has 0 saturated carbocycles. The van der Waals surface area contributed by atoms with Gasteiger partial charge in [-0.25, -0.2) is 4.79 Å². The molecule has 0 fully saturated rings. The summed E-state index contributed by atoms with van der Waals surface area (Å²) in [6.07, 6.45) is -1.38. The first kappa shape index (κ1) is 14.0. The third kappa shape index (κ3) is 2.76. The molecule has 0 bridgehead atoms. The summed E-state index contributed by atoms with van der Waals surface area (Å²) in [4.78, 5) is 42.6. The smallest absolute Gasteiger partial charge is 0.337 e. The number of rotatable bonds is 6. The van der Waals surface area contributed by atoms with Gasteiger partial charge in [-0.1, -0.05) is 0 Å². The van der Waals surface area contributed by atoms with Crippen molar-refractivity contribution >= 4 is 23.7 Å². The van der Waals surface area contributed by atoms with Gasteiger partial charge in [-0.3, -0.25) is 14.4 Å². The fourth-order valence-corrected chi connectivity index (χ4v) is 1.25. The first-order valence-electron chi connectivity index (χ1n) is 4.03. The lowest BCUT2D eigenvalue weighted by Crippen LogP contribution is -2.53. The third-order valence-corrected chi connectivity index (χ3v) is 1.92. The van der Waals surface area contributed by atoms with Gasteiger partial charge in [0, 0.05) is 0 Å². The van der Waals surface area contributed by atoms with Crippen molar-refractivity contribution in [1.29, 1.82) is 0 Å². The minimum Gasteiger partial charge on any atom is -0.481 e. The molecule has 0 aromatic rings. The molecule has 0 saturated heterocycles. The van der Waals surface area contributed by atoms with Crippen LogP contribution in [0.3, 0.4) is 0 Å². The number of carboxylic acid groups (broad SMARTS) is 3. The molecule has 0 spiro atoms. The Balaban J connectivity index is 5.46. The summed E-state index contributed by atoms with van der Waals surface area (Å²) in [5.74, 6) is -9.15. The van der Waals surface area contributed by atoms with E-state index >= 15 is 0 Å². The van der Waals surface area contributed by atoms with Crippen molar-refractivity contribution in [3.63, 3.8) is 0 Å². The van der Waals surface area contributed by atoms with Crippen LogP contribution >= 0.6 is 0 Å². The Morgan fingerprint density at radius 2 is 1.56 bits per heavy atom. The first-order valence-corrected chi connectivity index (χ1v) is 4.03. The second-order valence-corrected chi connectivity index (χ2v) is 3.18. The normalized spacial score (nSPS) is 15.9. The van der Waals surface area contributed by atoms with E-state index < -0.39 is 41.6 Å². The molecule has 2 unspecified atom stereocenters. The molecule has 8 heteroatoms. The van der Waals surface area contributed by atoms with Gasteiger partial charge in [0.1, 0.15) is 5.78 Å². The Morgan fingerprint density at radius 3 is 1.75 bits per heavy atom. The minimum atomic E-state index is -3.15. The van der Waals surface area contributed by atoms with Crippen LogP contribution in [-0.2, 0) is 19.2 Å². The average Bonchev–Trinajstić information content (AvgIpc) is 1.99. The van der Waals surface area contributed by atoms with Gasteiger partial charge < -0.3 is 20.4 Å². The number of ketones is 1. The van der Waals surface area contributed by atoms with Crippen LogP contribution in [0, 0.1) is 5.92 Å². The molecule has 8 nitrogen and oxygen atoms in total. The van der Waals surface area contributed by atoms with Gasteiger partial charge in [0.15, 0.2) is 11.5 Å². The molecule has 0 aromatic heterocycles. The maximum Gasteiger partial charge on any atom is 0.337 e. The molecular formula is C8H10O8. The molecule has 0 aromatic carbocycles. The monoisotopic (exact) mass is 234 g/mol. The Hall–Kier alpha value is -1.96. The molecule has 0 aliphatic carbocycles. The summed E-state index contributed by atoms with van der Waals surface area (Å²) < 4.78 is 0. The number of carbonyl (C=O) groups is 4. The lowest BCUT2D eigenvalue weighted by Gasteiger charge is -2.26. The summed E-state index contributed by atoms with van der Waals surface area (Å²) >= 11 is 0. The van der Waals surface area contributed by atoms with E-state index in [1.807, 2.05) is 0 Å². The van der Waals surface area contributed by atoms with E-state index in [-0.39, 0.29) is 0 Å². The summed E-state index contributed by atoms with van der Waals surface area (Å²) in [5.41, 5.74) is -3.15. The number of carboxylic acids is 3. The van der Waals surface area contributed by atoms with E-state index in [1.54, 1.807) is 0 Å². The van der Waals surface area contributed by atoms with Gasteiger partial charge in [-0.15, -0.1) is 0 Å². The van der Waals surface area contributed by atoms with E-state index in [9.17, 15) is 24.3 Å². The van der Waals surface area contributed by atoms with Gasteiger partial charge in [0.2, 0.25) is 0 Å². The summed E-state index contributed by atoms with van der Waals surface area (Å²) in [6.45, 7) is 0.758. The molecule has 2 atom stereocenters. The van der Waals surface area contributed by atoms with Crippen molar-refractivity contribution in [3.8, 4) is 0 Å². The fraction of sp³-hybridized carbons (Fsp3) is 0.500. The van der Waals surface area contributed by atoms with Gasteiger partial charge in [-0.2, -0.15) is 0 Å². The molecule has 4 N–H and O–H groups in total. The minimum absolute atomic E-state index is 0.758.